The molecule has 0 heterocycles. The van der Waals surface area contributed by atoms with Crippen molar-refractivity contribution >= 4 is 17.5 Å². The second-order valence-electron chi connectivity index (χ2n) is 5.69. The third-order valence-corrected chi connectivity index (χ3v) is 4.10. The van der Waals surface area contributed by atoms with Crippen molar-refractivity contribution in [3.63, 3.8) is 0 Å². The second kappa shape index (κ2) is 7.22. The fraction of sp³-hybridized carbons (Fsp3) is 0.500. The molecule has 1 aliphatic carbocycles. The SMILES string of the molecule is Cc1ccccc1NC(=O)CNC1CCC(C(N)=O)CC1. The molecule has 21 heavy (non-hydrogen) atoms. The minimum absolute atomic E-state index is 0.00356. The van der Waals surface area contributed by atoms with Gasteiger partial charge in [-0.25, -0.2) is 0 Å². The van der Waals surface area contributed by atoms with Crippen LogP contribution < -0.4 is 16.4 Å². The summed E-state index contributed by atoms with van der Waals surface area (Å²) in [6.45, 7) is 2.26. The first-order chi connectivity index (χ1) is 10.1. The molecule has 4 N–H and O–H groups in total. The first kappa shape index (κ1) is 15.5. The van der Waals surface area contributed by atoms with E-state index in [2.05, 4.69) is 10.6 Å². The molecule has 2 amide bonds. The third-order valence-electron chi connectivity index (χ3n) is 4.10. The van der Waals surface area contributed by atoms with Crippen LogP contribution in [0, 0.1) is 12.8 Å². The molecule has 0 saturated heterocycles. The molecule has 0 bridgehead atoms. The Morgan fingerprint density at radius 1 is 1.19 bits per heavy atom. The van der Waals surface area contributed by atoms with Gasteiger partial charge in [-0.3, -0.25) is 9.59 Å². The quantitative estimate of drug-likeness (QED) is 0.769. The van der Waals surface area contributed by atoms with Crippen molar-refractivity contribution in [2.75, 3.05) is 11.9 Å². The van der Waals surface area contributed by atoms with E-state index < -0.39 is 0 Å². The van der Waals surface area contributed by atoms with Crippen LogP contribution in [0.5, 0.6) is 0 Å². The van der Waals surface area contributed by atoms with Crippen molar-refractivity contribution in [3.05, 3.63) is 29.8 Å². The van der Waals surface area contributed by atoms with Gasteiger partial charge in [0, 0.05) is 17.6 Å². The van der Waals surface area contributed by atoms with E-state index in [1.165, 1.54) is 0 Å². The molecule has 114 valence electrons. The normalized spacial score (nSPS) is 21.8. The highest BCUT2D eigenvalue weighted by Crippen LogP contribution is 2.23. The number of nitrogens with one attached hydrogen (secondary N) is 2. The van der Waals surface area contributed by atoms with Crippen molar-refractivity contribution in [1.82, 2.24) is 5.32 Å². The molecule has 0 aliphatic heterocycles. The standard InChI is InChI=1S/C16H23N3O2/c1-11-4-2-3-5-14(11)19-15(20)10-18-13-8-6-12(7-9-13)16(17)21/h2-5,12-13,18H,6-10H2,1H3,(H2,17,21)(H,19,20). The highest BCUT2D eigenvalue weighted by Gasteiger charge is 2.24. The lowest BCUT2D eigenvalue weighted by molar-refractivity contribution is -0.123. The largest absolute Gasteiger partial charge is 0.369 e. The number of hydrogen-bond donors (Lipinski definition) is 3. The van der Waals surface area contributed by atoms with Gasteiger partial charge in [-0.15, -0.1) is 0 Å². The van der Waals surface area contributed by atoms with Gasteiger partial charge in [-0.05, 0) is 44.2 Å². The Morgan fingerprint density at radius 2 is 1.86 bits per heavy atom. The fourth-order valence-electron chi connectivity index (χ4n) is 2.73. The number of carbonyl (C=O) groups is 2. The molecule has 1 aromatic rings. The van der Waals surface area contributed by atoms with E-state index in [1.54, 1.807) is 0 Å². The zero-order chi connectivity index (χ0) is 15.2. The molecule has 1 saturated carbocycles. The van der Waals surface area contributed by atoms with Crippen LogP contribution in [0.4, 0.5) is 5.69 Å². The van der Waals surface area contributed by atoms with Gasteiger partial charge in [0.15, 0.2) is 0 Å². The molecule has 1 aromatic carbocycles. The molecule has 5 heteroatoms. The lowest BCUT2D eigenvalue weighted by atomic mass is 9.85. The number of nitrogens with two attached hydrogens (primary N) is 1. The van der Waals surface area contributed by atoms with E-state index in [9.17, 15) is 9.59 Å². The Labute approximate surface area is 125 Å². The minimum Gasteiger partial charge on any atom is -0.369 e. The Balaban J connectivity index is 1.73. The van der Waals surface area contributed by atoms with E-state index in [0.29, 0.717) is 12.6 Å². The summed E-state index contributed by atoms with van der Waals surface area (Å²) in [5.41, 5.74) is 7.21. The van der Waals surface area contributed by atoms with Gasteiger partial charge in [0.1, 0.15) is 0 Å². The molecule has 1 fully saturated rings. The number of rotatable bonds is 5. The molecule has 0 unspecified atom stereocenters. The first-order valence-corrected chi connectivity index (χ1v) is 7.44. The summed E-state index contributed by atoms with van der Waals surface area (Å²) < 4.78 is 0. The van der Waals surface area contributed by atoms with Gasteiger partial charge in [0.25, 0.3) is 0 Å². The summed E-state index contributed by atoms with van der Waals surface area (Å²) in [6.07, 6.45) is 3.41. The maximum Gasteiger partial charge on any atom is 0.238 e. The van der Waals surface area contributed by atoms with Crippen molar-refractivity contribution in [2.45, 2.75) is 38.6 Å². The highest BCUT2D eigenvalue weighted by molar-refractivity contribution is 5.92. The van der Waals surface area contributed by atoms with Crippen LogP contribution in [0.2, 0.25) is 0 Å². The molecule has 1 aliphatic rings. The smallest absolute Gasteiger partial charge is 0.238 e. The summed E-state index contributed by atoms with van der Waals surface area (Å²) in [7, 11) is 0. The number of para-hydroxylation sites is 1. The molecular weight excluding hydrogens is 266 g/mol. The maximum absolute atomic E-state index is 11.9. The average Bonchev–Trinajstić information content (AvgIpc) is 2.48. The molecular formula is C16H23N3O2. The Kier molecular flexibility index (Phi) is 5.33. The lowest BCUT2D eigenvalue weighted by Crippen LogP contribution is -2.40. The number of benzene rings is 1. The van der Waals surface area contributed by atoms with Crippen molar-refractivity contribution in [2.24, 2.45) is 11.7 Å². The van der Waals surface area contributed by atoms with Gasteiger partial charge in [-0.1, -0.05) is 18.2 Å². The summed E-state index contributed by atoms with van der Waals surface area (Å²) >= 11 is 0. The molecule has 0 atom stereocenters. The topological polar surface area (TPSA) is 84.2 Å². The zero-order valence-electron chi connectivity index (χ0n) is 12.4. The molecule has 0 aromatic heterocycles. The van der Waals surface area contributed by atoms with Gasteiger partial charge in [0.05, 0.1) is 6.54 Å². The number of primary amides is 1. The summed E-state index contributed by atoms with van der Waals surface area (Å²) in [5, 5.41) is 6.16. The number of amides is 2. The lowest BCUT2D eigenvalue weighted by Gasteiger charge is -2.27. The fourth-order valence-corrected chi connectivity index (χ4v) is 2.73. The van der Waals surface area contributed by atoms with Gasteiger partial charge >= 0.3 is 0 Å². The van der Waals surface area contributed by atoms with Crippen LogP contribution in [0.3, 0.4) is 0 Å². The van der Waals surface area contributed by atoms with Crippen molar-refractivity contribution < 1.29 is 9.59 Å². The average molecular weight is 289 g/mol. The van der Waals surface area contributed by atoms with Gasteiger partial charge in [0.2, 0.25) is 11.8 Å². The summed E-state index contributed by atoms with van der Waals surface area (Å²) in [6, 6.07) is 8.00. The second-order valence-corrected chi connectivity index (χ2v) is 5.69. The summed E-state index contributed by atoms with van der Waals surface area (Å²) in [4.78, 5) is 23.0. The zero-order valence-corrected chi connectivity index (χ0v) is 12.4. The highest BCUT2D eigenvalue weighted by atomic mass is 16.2. The first-order valence-electron chi connectivity index (χ1n) is 7.44. The Bertz CT molecular complexity index is 508. The van der Waals surface area contributed by atoms with E-state index in [-0.39, 0.29) is 17.7 Å². The van der Waals surface area contributed by atoms with E-state index in [0.717, 1.165) is 36.9 Å². The summed E-state index contributed by atoms with van der Waals surface area (Å²) in [5.74, 6) is -0.240. The minimum atomic E-state index is -0.203. The maximum atomic E-state index is 11.9. The molecule has 2 rings (SSSR count). The van der Waals surface area contributed by atoms with Crippen LogP contribution >= 0.6 is 0 Å². The third kappa shape index (κ3) is 4.56. The number of aryl methyl sites for hydroxylation is 1. The number of hydrogen-bond acceptors (Lipinski definition) is 3. The van der Waals surface area contributed by atoms with Crippen LogP contribution in [0.25, 0.3) is 0 Å². The van der Waals surface area contributed by atoms with E-state index >= 15 is 0 Å². The number of anilines is 1. The van der Waals surface area contributed by atoms with Gasteiger partial charge < -0.3 is 16.4 Å². The van der Waals surface area contributed by atoms with E-state index in [1.807, 2.05) is 31.2 Å². The molecule has 5 nitrogen and oxygen atoms in total. The van der Waals surface area contributed by atoms with Crippen LogP contribution in [-0.2, 0) is 9.59 Å². The van der Waals surface area contributed by atoms with Crippen molar-refractivity contribution in [3.8, 4) is 0 Å². The Morgan fingerprint density at radius 3 is 2.48 bits per heavy atom. The molecule has 0 radical (unpaired) electrons. The Hall–Kier alpha value is -1.88. The molecule has 0 spiro atoms. The van der Waals surface area contributed by atoms with Crippen LogP contribution in [-0.4, -0.2) is 24.4 Å². The van der Waals surface area contributed by atoms with E-state index in [4.69, 9.17) is 5.73 Å². The van der Waals surface area contributed by atoms with Crippen LogP contribution in [0.1, 0.15) is 31.2 Å². The predicted octanol–water partition coefficient (Wildman–Crippen LogP) is 1.57. The predicted molar refractivity (Wildman–Crippen MR) is 82.8 cm³/mol. The monoisotopic (exact) mass is 289 g/mol. The van der Waals surface area contributed by atoms with Gasteiger partial charge in [-0.2, -0.15) is 0 Å². The number of carbonyl (C=O) groups excluding carboxylic acids is 2. The van der Waals surface area contributed by atoms with Crippen molar-refractivity contribution in [1.29, 1.82) is 0 Å². The van der Waals surface area contributed by atoms with Crippen LogP contribution in [0.15, 0.2) is 24.3 Å².